The van der Waals surface area contributed by atoms with Gasteiger partial charge in [-0.2, -0.15) is 0 Å². The molecule has 2 aromatic carbocycles. The summed E-state index contributed by atoms with van der Waals surface area (Å²) >= 11 is 4.93. The van der Waals surface area contributed by atoms with E-state index < -0.39 is 0 Å². The van der Waals surface area contributed by atoms with E-state index in [1.54, 1.807) is 12.0 Å². The molecule has 0 bridgehead atoms. The standard InChI is InChI=1S/C25H28BrN3O3S/c1-3-28-12-6-7-18(28)15-27-24(30)16-29-20-8-4-5-9-22(20)33-23(25(29)31)14-17-10-11-21(32-2)19(26)13-17/h4-5,8-11,13-14,18H,3,6-7,12,15-16H2,1-2H3,(H,27,30)/b23-14+/t18-/m0/s1. The molecule has 2 heterocycles. The second-order valence-electron chi connectivity index (χ2n) is 8.09. The Morgan fingerprint density at radius 2 is 2.12 bits per heavy atom. The fourth-order valence-electron chi connectivity index (χ4n) is 4.32. The first-order chi connectivity index (χ1) is 16.0. The number of anilines is 1. The molecule has 0 aromatic heterocycles. The predicted molar refractivity (Wildman–Crippen MR) is 137 cm³/mol. The van der Waals surface area contributed by atoms with Gasteiger partial charge in [0.1, 0.15) is 12.3 Å². The molecule has 0 spiro atoms. The van der Waals surface area contributed by atoms with Crippen LogP contribution in [0.15, 0.2) is 56.7 Å². The minimum atomic E-state index is -0.170. The molecule has 4 rings (SSSR count). The summed E-state index contributed by atoms with van der Waals surface area (Å²) in [5.74, 6) is 0.420. The molecular formula is C25H28BrN3O3S. The number of likely N-dealkylation sites (tertiary alicyclic amines) is 1. The minimum absolute atomic E-state index is 0.00109. The van der Waals surface area contributed by atoms with Crippen molar-refractivity contribution < 1.29 is 14.3 Å². The molecule has 174 valence electrons. The van der Waals surface area contributed by atoms with Gasteiger partial charge in [0.25, 0.3) is 5.91 Å². The molecule has 33 heavy (non-hydrogen) atoms. The lowest BCUT2D eigenvalue weighted by atomic mass is 10.2. The highest BCUT2D eigenvalue weighted by molar-refractivity contribution is 9.10. The topological polar surface area (TPSA) is 61.9 Å². The number of amides is 2. The van der Waals surface area contributed by atoms with Gasteiger partial charge < -0.3 is 10.1 Å². The number of rotatable bonds is 7. The molecule has 0 radical (unpaired) electrons. The van der Waals surface area contributed by atoms with Crippen LogP contribution < -0.4 is 15.0 Å². The zero-order valence-electron chi connectivity index (χ0n) is 18.8. The van der Waals surface area contributed by atoms with Crippen LogP contribution in [0.1, 0.15) is 25.3 Å². The third-order valence-corrected chi connectivity index (χ3v) is 7.74. The Morgan fingerprint density at radius 3 is 2.88 bits per heavy atom. The summed E-state index contributed by atoms with van der Waals surface area (Å²) in [7, 11) is 1.62. The summed E-state index contributed by atoms with van der Waals surface area (Å²) in [6, 6.07) is 13.8. The third kappa shape index (κ3) is 5.45. The maximum Gasteiger partial charge on any atom is 0.265 e. The molecule has 1 fully saturated rings. The molecule has 0 saturated carbocycles. The van der Waals surface area contributed by atoms with E-state index in [2.05, 4.69) is 33.1 Å². The molecule has 6 nitrogen and oxygen atoms in total. The largest absolute Gasteiger partial charge is 0.496 e. The van der Waals surface area contributed by atoms with Crippen LogP contribution >= 0.6 is 27.7 Å². The second-order valence-corrected chi connectivity index (χ2v) is 10.0. The van der Waals surface area contributed by atoms with Crippen LogP contribution in [0.25, 0.3) is 6.08 Å². The van der Waals surface area contributed by atoms with E-state index in [-0.39, 0.29) is 18.4 Å². The Kier molecular flexibility index (Phi) is 7.78. The smallest absolute Gasteiger partial charge is 0.265 e. The minimum Gasteiger partial charge on any atom is -0.496 e. The van der Waals surface area contributed by atoms with Crippen LogP contribution in [0.4, 0.5) is 5.69 Å². The van der Waals surface area contributed by atoms with Crippen molar-refractivity contribution in [3.05, 3.63) is 57.4 Å². The summed E-state index contributed by atoms with van der Waals surface area (Å²) in [5, 5.41) is 3.05. The van der Waals surface area contributed by atoms with Crippen molar-refractivity contribution >= 4 is 51.3 Å². The van der Waals surface area contributed by atoms with Gasteiger partial charge in [0.05, 0.1) is 22.2 Å². The Morgan fingerprint density at radius 1 is 1.30 bits per heavy atom. The Balaban J connectivity index is 1.52. The van der Waals surface area contributed by atoms with Crippen molar-refractivity contribution in [2.75, 3.05) is 38.2 Å². The van der Waals surface area contributed by atoms with Crippen molar-refractivity contribution in [2.24, 2.45) is 0 Å². The summed E-state index contributed by atoms with van der Waals surface area (Å²) in [5.41, 5.74) is 1.65. The van der Waals surface area contributed by atoms with E-state index in [0.717, 1.165) is 45.9 Å². The van der Waals surface area contributed by atoms with Crippen LogP contribution in [0, 0.1) is 0 Å². The molecule has 2 aromatic rings. The van der Waals surface area contributed by atoms with E-state index >= 15 is 0 Å². The average molecular weight is 530 g/mol. The third-order valence-electron chi connectivity index (χ3n) is 6.05. The molecule has 2 aliphatic heterocycles. The highest BCUT2D eigenvalue weighted by Gasteiger charge is 2.31. The number of nitrogens with zero attached hydrogens (tertiary/aromatic N) is 2. The number of para-hydroxylation sites is 1. The lowest BCUT2D eigenvalue weighted by Crippen LogP contribution is -2.46. The zero-order valence-corrected chi connectivity index (χ0v) is 21.2. The number of hydrogen-bond donors (Lipinski definition) is 1. The van der Waals surface area contributed by atoms with E-state index in [0.29, 0.717) is 17.5 Å². The van der Waals surface area contributed by atoms with Gasteiger partial charge in [-0.25, -0.2) is 0 Å². The van der Waals surface area contributed by atoms with Gasteiger partial charge in [-0.15, -0.1) is 0 Å². The first-order valence-electron chi connectivity index (χ1n) is 11.1. The highest BCUT2D eigenvalue weighted by Crippen LogP contribution is 2.42. The fourth-order valence-corrected chi connectivity index (χ4v) is 5.93. The van der Waals surface area contributed by atoms with Crippen LogP contribution in [0.5, 0.6) is 5.75 Å². The highest BCUT2D eigenvalue weighted by atomic mass is 79.9. The van der Waals surface area contributed by atoms with E-state index in [9.17, 15) is 9.59 Å². The zero-order chi connectivity index (χ0) is 23.4. The van der Waals surface area contributed by atoms with Crippen molar-refractivity contribution in [3.63, 3.8) is 0 Å². The van der Waals surface area contributed by atoms with E-state index in [1.165, 1.54) is 18.2 Å². The van der Waals surface area contributed by atoms with Crippen LogP contribution in [0.3, 0.4) is 0 Å². The van der Waals surface area contributed by atoms with Crippen molar-refractivity contribution in [3.8, 4) is 5.75 Å². The maximum absolute atomic E-state index is 13.4. The monoisotopic (exact) mass is 529 g/mol. The normalized spacial score (nSPS) is 19.6. The Bertz CT molecular complexity index is 1070. The molecule has 0 aliphatic carbocycles. The summed E-state index contributed by atoms with van der Waals surface area (Å²) in [6.07, 6.45) is 4.12. The van der Waals surface area contributed by atoms with Gasteiger partial charge in [-0.1, -0.05) is 36.9 Å². The molecule has 2 amide bonds. The number of fused-ring (bicyclic) bond motifs is 1. The average Bonchev–Trinajstić information content (AvgIpc) is 3.28. The van der Waals surface area contributed by atoms with Crippen LogP contribution in [-0.4, -0.2) is 56.0 Å². The van der Waals surface area contributed by atoms with Gasteiger partial charge in [0.15, 0.2) is 0 Å². The Hall–Kier alpha value is -2.29. The number of benzene rings is 2. The van der Waals surface area contributed by atoms with Gasteiger partial charge in [-0.3, -0.25) is 19.4 Å². The molecule has 0 unspecified atom stereocenters. The maximum atomic E-state index is 13.4. The molecule has 1 atom stereocenters. The van der Waals surface area contributed by atoms with Gasteiger partial charge in [0.2, 0.25) is 5.91 Å². The number of methoxy groups -OCH3 is 1. The number of nitrogens with one attached hydrogen (secondary N) is 1. The first-order valence-corrected chi connectivity index (χ1v) is 12.8. The van der Waals surface area contributed by atoms with Gasteiger partial charge in [-0.05, 0) is 77.8 Å². The molecule has 1 N–H and O–H groups in total. The number of carbonyl (C=O) groups is 2. The van der Waals surface area contributed by atoms with Crippen molar-refractivity contribution in [2.45, 2.75) is 30.7 Å². The molecular weight excluding hydrogens is 502 g/mol. The number of halogens is 1. The number of thioether (sulfide) groups is 1. The van der Waals surface area contributed by atoms with Crippen molar-refractivity contribution in [1.82, 2.24) is 10.2 Å². The summed E-state index contributed by atoms with van der Waals surface area (Å²) in [6.45, 7) is 4.84. The lowest BCUT2D eigenvalue weighted by Gasteiger charge is -2.30. The van der Waals surface area contributed by atoms with Crippen molar-refractivity contribution in [1.29, 1.82) is 0 Å². The lowest BCUT2D eigenvalue weighted by molar-refractivity contribution is -0.122. The summed E-state index contributed by atoms with van der Waals surface area (Å²) < 4.78 is 6.11. The molecule has 2 aliphatic rings. The summed E-state index contributed by atoms with van der Waals surface area (Å²) in [4.78, 5) is 31.7. The molecule has 1 saturated heterocycles. The van der Waals surface area contributed by atoms with Gasteiger partial charge in [0, 0.05) is 17.5 Å². The fraction of sp³-hybridized carbons (Fsp3) is 0.360. The molecule has 8 heteroatoms. The van der Waals surface area contributed by atoms with Gasteiger partial charge >= 0.3 is 0 Å². The Labute approximate surface area is 207 Å². The number of hydrogen-bond acceptors (Lipinski definition) is 5. The van der Waals surface area contributed by atoms with Crippen LogP contribution in [-0.2, 0) is 9.59 Å². The first kappa shape index (κ1) is 23.9. The van der Waals surface area contributed by atoms with Crippen LogP contribution in [0.2, 0.25) is 0 Å². The predicted octanol–water partition coefficient (Wildman–Crippen LogP) is 4.54. The SMILES string of the molecule is CCN1CCC[C@H]1CNC(=O)CN1C(=O)/C(=C\c2ccc(OC)c(Br)c2)Sc2ccccc21. The quantitative estimate of drug-likeness (QED) is 0.533. The van der Waals surface area contributed by atoms with E-state index in [4.69, 9.17) is 4.74 Å². The number of carbonyl (C=O) groups excluding carboxylic acids is 2. The van der Waals surface area contributed by atoms with E-state index in [1.807, 2.05) is 48.5 Å². The number of likely N-dealkylation sites (N-methyl/N-ethyl adjacent to an activating group) is 1. The second kappa shape index (κ2) is 10.8. The number of ether oxygens (including phenoxy) is 1.